The van der Waals surface area contributed by atoms with E-state index in [1.54, 1.807) is 0 Å². The molecule has 3 heterocycles. The highest BCUT2D eigenvalue weighted by Gasteiger charge is 2.33. The minimum absolute atomic E-state index is 0.666. The van der Waals surface area contributed by atoms with Gasteiger partial charge in [0, 0.05) is 79.7 Å². The zero-order valence-electron chi connectivity index (χ0n) is 34.3. The first-order valence-corrected chi connectivity index (χ1v) is 23.0. The maximum absolute atomic E-state index is 7.10. The zero-order chi connectivity index (χ0) is 42.1. The number of para-hydroxylation sites is 4. The Morgan fingerprint density at radius 1 is 0.297 bits per heavy atom. The lowest BCUT2D eigenvalue weighted by Gasteiger charge is -2.33. The number of hydrogen-bond donors (Lipinski definition) is 0. The Morgan fingerprint density at radius 3 is 1.31 bits per heavy atom. The molecular formula is C58H36N2O2S2. The smallest absolute Gasteiger partial charge is 0.195 e. The lowest BCUT2D eigenvalue weighted by molar-refractivity contribution is 0.362. The van der Waals surface area contributed by atoms with E-state index < -0.39 is 0 Å². The van der Waals surface area contributed by atoms with E-state index in [0.29, 0.717) is 23.0 Å². The molecular weight excluding hydrogens is 821 g/mol. The third-order valence-corrected chi connectivity index (χ3v) is 14.5. The fraction of sp³-hybridized carbons (Fsp3) is 0. The van der Waals surface area contributed by atoms with Crippen LogP contribution in [0.1, 0.15) is 0 Å². The molecule has 0 saturated heterocycles. The molecule has 64 heavy (non-hydrogen) atoms. The number of thiophene rings is 2. The van der Waals surface area contributed by atoms with Crippen LogP contribution < -0.4 is 19.3 Å². The fourth-order valence-corrected chi connectivity index (χ4v) is 11.7. The van der Waals surface area contributed by atoms with Gasteiger partial charge in [0.15, 0.2) is 23.0 Å². The first kappa shape index (κ1) is 36.7. The zero-order valence-corrected chi connectivity index (χ0v) is 35.9. The molecule has 6 heteroatoms. The van der Waals surface area contributed by atoms with Crippen LogP contribution >= 0.6 is 22.7 Å². The Kier molecular flexibility index (Phi) is 8.54. The van der Waals surface area contributed by atoms with Crippen molar-refractivity contribution in [2.24, 2.45) is 0 Å². The second-order valence-corrected chi connectivity index (χ2v) is 18.2. The van der Waals surface area contributed by atoms with Gasteiger partial charge >= 0.3 is 0 Å². The molecule has 10 aromatic carbocycles. The molecule has 0 spiro atoms. The summed E-state index contributed by atoms with van der Waals surface area (Å²) in [7, 11) is 0. The van der Waals surface area contributed by atoms with Crippen LogP contribution in [0.2, 0.25) is 0 Å². The largest absolute Gasteiger partial charge is 0.449 e. The summed E-state index contributed by atoms with van der Waals surface area (Å²) < 4.78 is 19.2. The molecule has 0 saturated carbocycles. The molecule has 0 atom stereocenters. The molecule has 0 radical (unpaired) electrons. The standard InChI is InChI=1S/C58H36N2O2S2/c1-3-15-38(16-4-1)59(41-31-33-45-43-19-9-13-25-51(43)63-53(45)35-41)40-29-27-37(28-30-40)55-47-21-7-8-22-48(47)56(58-57(55)61-49-23-11-12-24-50(49)62-58)60(39-17-5-2-6-18-39)42-32-34-46-44-20-10-14-26-52(44)64-54(46)36-42/h1-36H. The Morgan fingerprint density at radius 2 is 0.719 bits per heavy atom. The van der Waals surface area contributed by atoms with Crippen LogP contribution in [0.4, 0.5) is 34.1 Å². The van der Waals surface area contributed by atoms with Crippen LogP contribution in [0, 0.1) is 0 Å². The van der Waals surface area contributed by atoms with Crippen molar-refractivity contribution in [1.29, 1.82) is 0 Å². The van der Waals surface area contributed by atoms with Crippen LogP contribution in [0.5, 0.6) is 23.0 Å². The summed E-state index contributed by atoms with van der Waals surface area (Å²) in [6.45, 7) is 0. The van der Waals surface area contributed by atoms with Gasteiger partial charge in [-0.05, 0) is 95.9 Å². The number of fused-ring (bicyclic) bond motifs is 9. The van der Waals surface area contributed by atoms with Crippen molar-refractivity contribution < 1.29 is 9.47 Å². The van der Waals surface area contributed by atoms with Crippen LogP contribution in [-0.2, 0) is 0 Å². The minimum atomic E-state index is 0.666. The summed E-state index contributed by atoms with van der Waals surface area (Å²) in [4.78, 5) is 4.67. The van der Waals surface area contributed by atoms with Crippen molar-refractivity contribution in [2.75, 3.05) is 9.80 Å². The van der Waals surface area contributed by atoms with Gasteiger partial charge in [0.25, 0.3) is 0 Å². The molecule has 0 N–H and O–H groups in total. The molecule has 4 nitrogen and oxygen atoms in total. The predicted octanol–water partition coefficient (Wildman–Crippen LogP) is 18.1. The molecule has 13 rings (SSSR count). The summed E-state index contributed by atoms with van der Waals surface area (Å²) in [5.74, 6) is 2.70. The fourth-order valence-electron chi connectivity index (χ4n) is 9.41. The molecule has 0 unspecified atom stereocenters. The van der Waals surface area contributed by atoms with Gasteiger partial charge < -0.3 is 19.3 Å². The number of nitrogens with zero attached hydrogens (tertiary/aromatic N) is 2. The first-order chi connectivity index (χ1) is 31.7. The Bertz CT molecular complexity index is 3750. The molecule has 0 aliphatic carbocycles. The number of rotatable bonds is 7. The van der Waals surface area contributed by atoms with Gasteiger partial charge in [0.1, 0.15) is 5.69 Å². The molecule has 1 aliphatic heterocycles. The van der Waals surface area contributed by atoms with Gasteiger partial charge in [0.05, 0.1) is 0 Å². The van der Waals surface area contributed by atoms with E-state index in [1.807, 2.05) is 46.9 Å². The molecule has 0 bridgehead atoms. The Labute approximate surface area is 377 Å². The summed E-state index contributed by atoms with van der Waals surface area (Å²) in [5.41, 5.74) is 8.22. The van der Waals surface area contributed by atoms with E-state index >= 15 is 0 Å². The van der Waals surface area contributed by atoms with E-state index in [0.717, 1.165) is 56.0 Å². The van der Waals surface area contributed by atoms with Crippen molar-refractivity contribution in [2.45, 2.75) is 0 Å². The number of anilines is 6. The molecule has 2 aromatic heterocycles. The highest BCUT2D eigenvalue weighted by atomic mass is 32.1. The number of benzene rings is 10. The summed E-state index contributed by atoms with van der Waals surface area (Å²) >= 11 is 3.66. The number of hydrogen-bond acceptors (Lipinski definition) is 6. The third kappa shape index (κ3) is 5.95. The average Bonchev–Trinajstić information content (AvgIpc) is 3.92. The van der Waals surface area contributed by atoms with Gasteiger partial charge in [-0.15, -0.1) is 22.7 Å². The monoisotopic (exact) mass is 856 g/mol. The van der Waals surface area contributed by atoms with E-state index in [4.69, 9.17) is 9.47 Å². The van der Waals surface area contributed by atoms with Gasteiger partial charge in [-0.25, -0.2) is 0 Å². The summed E-state index contributed by atoms with van der Waals surface area (Å²) in [6, 6.07) is 77.6. The van der Waals surface area contributed by atoms with Gasteiger partial charge in [-0.1, -0.05) is 133 Å². The van der Waals surface area contributed by atoms with Crippen LogP contribution in [0.15, 0.2) is 218 Å². The normalized spacial score (nSPS) is 12.0. The SMILES string of the molecule is c1ccc(N(c2ccc(-c3c4c(c(N(c5ccccc5)c5ccc6c(c5)sc5ccccc56)c5ccccc35)Oc3ccccc3O4)cc2)c2ccc3c(c2)sc2ccccc23)cc1. The van der Waals surface area contributed by atoms with Gasteiger partial charge in [-0.3, -0.25) is 0 Å². The van der Waals surface area contributed by atoms with E-state index in [1.165, 1.54) is 40.3 Å². The molecule has 12 aromatic rings. The lowest BCUT2D eigenvalue weighted by Crippen LogP contribution is -2.14. The summed E-state index contributed by atoms with van der Waals surface area (Å²) in [5, 5.41) is 7.21. The van der Waals surface area contributed by atoms with Crippen molar-refractivity contribution in [3.63, 3.8) is 0 Å². The van der Waals surface area contributed by atoms with Gasteiger partial charge in [0.2, 0.25) is 0 Å². The molecule has 1 aliphatic rings. The van der Waals surface area contributed by atoms with Crippen molar-refractivity contribution in [1.82, 2.24) is 0 Å². The van der Waals surface area contributed by atoms with E-state index in [9.17, 15) is 0 Å². The second-order valence-electron chi connectivity index (χ2n) is 16.0. The maximum Gasteiger partial charge on any atom is 0.195 e. The predicted molar refractivity (Wildman–Crippen MR) is 271 cm³/mol. The average molecular weight is 857 g/mol. The Balaban J connectivity index is 1.01. The minimum Gasteiger partial charge on any atom is -0.449 e. The lowest BCUT2D eigenvalue weighted by atomic mass is 9.93. The van der Waals surface area contributed by atoms with E-state index in [-0.39, 0.29) is 0 Å². The first-order valence-electron chi connectivity index (χ1n) is 21.4. The van der Waals surface area contributed by atoms with Crippen LogP contribution in [-0.4, -0.2) is 0 Å². The third-order valence-electron chi connectivity index (χ3n) is 12.3. The topological polar surface area (TPSA) is 24.9 Å². The molecule has 302 valence electrons. The van der Waals surface area contributed by atoms with Crippen LogP contribution in [0.3, 0.4) is 0 Å². The van der Waals surface area contributed by atoms with Crippen LogP contribution in [0.25, 0.3) is 62.2 Å². The quantitative estimate of drug-likeness (QED) is 0.159. The molecule has 0 amide bonds. The summed E-state index contributed by atoms with van der Waals surface area (Å²) in [6.07, 6.45) is 0. The van der Waals surface area contributed by atoms with Crippen molar-refractivity contribution in [3.8, 4) is 34.1 Å². The van der Waals surface area contributed by atoms with Crippen molar-refractivity contribution in [3.05, 3.63) is 218 Å². The maximum atomic E-state index is 7.10. The highest BCUT2D eigenvalue weighted by molar-refractivity contribution is 7.26. The highest BCUT2D eigenvalue weighted by Crippen LogP contribution is 2.60. The van der Waals surface area contributed by atoms with Gasteiger partial charge in [-0.2, -0.15) is 0 Å². The van der Waals surface area contributed by atoms with Crippen molar-refractivity contribution >= 4 is 108 Å². The number of ether oxygens (including phenoxy) is 2. The Hall–Kier alpha value is -7.90. The van der Waals surface area contributed by atoms with E-state index in [2.05, 4.69) is 204 Å². The molecule has 0 fully saturated rings. The second kappa shape index (κ2) is 14.9.